The van der Waals surface area contributed by atoms with Crippen LogP contribution in [0.5, 0.6) is 0 Å². The summed E-state index contributed by atoms with van der Waals surface area (Å²) < 4.78 is 0. The fraction of sp³-hybridized carbons (Fsp3) is 0.698. The van der Waals surface area contributed by atoms with Gasteiger partial charge in [0.2, 0.25) is 29.9 Å². The van der Waals surface area contributed by atoms with Crippen LogP contribution in [-0.4, -0.2) is 103 Å². The summed E-state index contributed by atoms with van der Waals surface area (Å²) in [6, 6.07) is 6.65. The van der Waals surface area contributed by atoms with Gasteiger partial charge in [0.15, 0.2) is 0 Å². The van der Waals surface area contributed by atoms with Crippen molar-refractivity contribution in [3.63, 3.8) is 0 Å². The van der Waals surface area contributed by atoms with Gasteiger partial charge in [-0.25, -0.2) is 4.79 Å². The Labute approximate surface area is 340 Å². The predicted octanol–water partition coefficient (Wildman–Crippen LogP) is 4.63. The van der Waals surface area contributed by atoms with Crippen molar-refractivity contribution in [2.24, 2.45) is 17.8 Å². The maximum atomic E-state index is 13.7. The molecule has 320 valence electrons. The van der Waals surface area contributed by atoms with Crippen molar-refractivity contribution in [3.05, 3.63) is 35.9 Å². The van der Waals surface area contributed by atoms with E-state index in [-0.39, 0.29) is 60.0 Å². The van der Waals surface area contributed by atoms with E-state index in [2.05, 4.69) is 47.4 Å². The number of likely N-dealkylation sites (tertiary alicyclic amines) is 1. The Morgan fingerprint density at radius 2 is 1.54 bits per heavy atom. The molecule has 57 heavy (non-hydrogen) atoms. The first-order valence-electron chi connectivity index (χ1n) is 21.1. The average Bonchev–Trinajstić information content (AvgIpc) is 3.90. The monoisotopic (exact) mass is 798 g/mol. The van der Waals surface area contributed by atoms with E-state index in [1.54, 1.807) is 49.3 Å². The van der Waals surface area contributed by atoms with Crippen molar-refractivity contribution >= 4 is 41.9 Å². The summed E-state index contributed by atoms with van der Waals surface area (Å²) in [6.07, 6.45) is 11.7. The van der Waals surface area contributed by atoms with E-state index in [4.69, 9.17) is 0 Å². The van der Waals surface area contributed by atoms with Crippen molar-refractivity contribution in [2.45, 2.75) is 149 Å². The summed E-state index contributed by atoms with van der Waals surface area (Å²) in [4.78, 5) is 88.0. The molecule has 0 aromatic heterocycles. The standard InChI is InChI=1S/C27H48N4O3.C14H17N3O4.C2H6/c1-6-10-21-13-16-31(23(21)24(32)28-19(4)17-20-11-12-20)25(33)22(18(2)3)29-26(34)30-27(5)14-8-7-9-15-27;1-17(2)14(21)13(10-6-4-3-5-7-10)16-11(19)8-15-12(20)9-18;1-2/h18-23H,6-17H2,1-5H3,(H,28,32)(H2,29,30,34);3-7,9,13H,8H2,1-2H3,(H,15,20)(H,16,19);1-2H3. The Morgan fingerprint density at radius 3 is 2.09 bits per heavy atom. The van der Waals surface area contributed by atoms with Crippen molar-refractivity contribution in [1.82, 2.24) is 36.4 Å². The van der Waals surface area contributed by atoms with Gasteiger partial charge in [-0.1, -0.05) is 103 Å². The fourth-order valence-electron chi connectivity index (χ4n) is 7.59. The summed E-state index contributed by atoms with van der Waals surface area (Å²) in [7, 11) is 3.16. The molecule has 1 aromatic carbocycles. The van der Waals surface area contributed by atoms with Crippen LogP contribution >= 0.6 is 0 Å². The van der Waals surface area contributed by atoms with Crippen LogP contribution in [0.15, 0.2) is 30.3 Å². The Hall–Kier alpha value is -4.49. The molecule has 2 saturated carbocycles. The SMILES string of the molecule is CC.CCCC1CCN(C(=O)C(NC(=O)NC2(C)CCCCC2)C(C)C)C1C(=O)NC(C)CC1CC1.CN(C)C(=O)C(NC(=O)CNC(=O)C=O)c1ccccc1. The van der Waals surface area contributed by atoms with Gasteiger partial charge < -0.3 is 36.4 Å². The van der Waals surface area contributed by atoms with E-state index >= 15 is 0 Å². The topological polar surface area (TPSA) is 186 Å². The van der Waals surface area contributed by atoms with Gasteiger partial charge in [-0.05, 0) is 69.3 Å². The zero-order valence-corrected chi connectivity index (χ0v) is 36.0. The third-order valence-corrected chi connectivity index (χ3v) is 10.8. The second kappa shape index (κ2) is 24.3. The molecule has 5 N–H and O–H groups in total. The number of urea groups is 1. The zero-order valence-electron chi connectivity index (χ0n) is 36.0. The highest BCUT2D eigenvalue weighted by molar-refractivity contribution is 6.24. The Morgan fingerprint density at radius 1 is 0.912 bits per heavy atom. The number of likely N-dealkylation sites (N-methyl/N-ethyl adjacent to an activating group) is 1. The second-order valence-corrected chi connectivity index (χ2v) is 16.3. The maximum absolute atomic E-state index is 13.7. The van der Waals surface area contributed by atoms with Gasteiger partial charge in [0.1, 0.15) is 18.1 Å². The van der Waals surface area contributed by atoms with Gasteiger partial charge in [-0.3, -0.25) is 28.8 Å². The normalized spacial score (nSPS) is 19.8. The van der Waals surface area contributed by atoms with Crippen LogP contribution in [0.4, 0.5) is 4.79 Å². The lowest BCUT2D eigenvalue weighted by molar-refractivity contribution is -0.141. The lowest BCUT2D eigenvalue weighted by Gasteiger charge is -2.36. The highest BCUT2D eigenvalue weighted by Gasteiger charge is 2.44. The molecule has 0 spiro atoms. The lowest BCUT2D eigenvalue weighted by atomic mass is 9.83. The highest BCUT2D eigenvalue weighted by atomic mass is 16.2. The van der Waals surface area contributed by atoms with Crippen molar-refractivity contribution in [2.75, 3.05) is 27.2 Å². The molecule has 0 bridgehead atoms. The van der Waals surface area contributed by atoms with E-state index in [0.717, 1.165) is 57.3 Å². The van der Waals surface area contributed by atoms with E-state index in [0.29, 0.717) is 12.1 Å². The third kappa shape index (κ3) is 16.1. The predicted molar refractivity (Wildman–Crippen MR) is 222 cm³/mol. The van der Waals surface area contributed by atoms with Gasteiger partial charge in [-0.2, -0.15) is 0 Å². The Bertz CT molecular complexity index is 1460. The molecule has 3 fully saturated rings. The molecule has 0 radical (unpaired) electrons. The summed E-state index contributed by atoms with van der Waals surface area (Å²) in [5, 5.41) is 14.0. The minimum atomic E-state index is -0.889. The number of nitrogens with zero attached hydrogens (tertiary/aromatic N) is 2. The van der Waals surface area contributed by atoms with Gasteiger partial charge >= 0.3 is 6.03 Å². The van der Waals surface area contributed by atoms with Crippen LogP contribution in [0.1, 0.15) is 131 Å². The van der Waals surface area contributed by atoms with Crippen molar-refractivity contribution in [3.8, 4) is 0 Å². The maximum Gasteiger partial charge on any atom is 0.315 e. The van der Waals surface area contributed by atoms with E-state index < -0.39 is 29.9 Å². The number of nitrogens with one attached hydrogen (secondary N) is 5. The molecule has 3 aliphatic rings. The van der Waals surface area contributed by atoms with Crippen molar-refractivity contribution < 1.29 is 33.6 Å². The van der Waals surface area contributed by atoms with Gasteiger partial charge in [0.05, 0.1) is 6.54 Å². The summed E-state index contributed by atoms with van der Waals surface area (Å²) >= 11 is 0. The molecular formula is C43H71N7O7. The largest absolute Gasteiger partial charge is 0.352 e. The number of rotatable bonds is 16. The molecular weight excluding hydrogens is 727 g/mol. The molecule has 4 rings (SSSR count). The molecule has 14 nitrogen and oxygen atoms in total. The molecule has 5 unspecified atom stereocenters. The number of amides is 7. The number of carbonyl (C=O) groups excluding carboxylic acids is 7. The van der Waals surface area contributed by atoms with Crippen LogP contribution in [-0.2, 0) is 28.8 Å². The van der Waals surface area contributed by atoms with Crippen molar-refractivity contribution in [1.29, 1.82) is 0 Å². The first-order valence-corrected chi connectivity index (χ1v) is 21.1. The van der Waals surface area contributed by atoms with E-state index in [9.17, 15) is 33.6 Å². The first-order chi connectivity index (χ1) is 27.1. The number of benzene rings is 1. The minimum absolute atomic E-state index is 0.0286. The molecule has 1 aromatic rings. The second-order valence-electron chi connectivity index (χ2n) is 16.3. The Balaban J connectivity index is 0.000000419. The van der Waals surface area contributed by atoms with E-state index in [1.807, 2.05) is 27.7 Å². The molecule has 5 atom stereocenters. The first kappa shape index (κ1) is 48.7. The van der Waals surface area contributed by atoms with Gasteiger partial charge in [0.25, 0.3) is 5.91 Å². The molecule has 1 aliphatic heterocycles. The third-order valence-electron chi connectivity index (χ3n) is 10.8. The molecule has 1 heterocycles. The molecule has 7 amide bonds. The van der Waals surface area contributed by atoms with Gasteiger partial charge in [0, 0.05) is 32.2 Å². The van der Waals surface area contributed by atoms with Crippen LogP contribution in [0.2, 0.25) is 0 Å². The quantitative estimate of drug-likeness (QED) is 0.119. The molecule has 14 heteroatoms. The summed E-state index contributed by atoms with van der Waals surface area (Å²) in [6.45, 7) is 14.4. The smallest absolute Gasteiger partial charge is 0.315 e. The van der Waals surface area contributed by atoms with Crippen LogP contribution in [0.3, 0.4) is 0 Å². The zero-order chi connectivity index (χ0) is 42.7. The Kier molecular flexibility index (Phi) is 20.8. The number of hydrogen-bond donors (Lipinski definition) is 5. The van der Waals surface area contributed by atoms with Crippen LogP contribution in [0.25, 0.3) is 0 Å². The number of hydrogen-bond acceptors (Lipinski definition) is 7. The highest BCUT2D eigenvalue weighted by Crippen LogP contribution is 2.34. The minimum Gasteiger partial charge on any atom is -0.352 e. The fourth-order valence-corrected chi connectivity index (χ4v) is 7.59. The molecule has 2 aliphatic carbocycles. The lowest BCUT2D eigenvalue weighted by Crippen LogP contribution is -2.60. The summed E-state index contributed by atoms with van der Waals surface area (Å²) in [5.74, 6) is -1.07. The number of carbonyl (C=O) groups is 7. The number of aldehydes is 1. The summed E-state index contributed by atoms with van der Waals surface area (Å²) in [5.41, 5.74) is 0.415. The average molecular weight is 798 g/mol. The van der Waals surface area contributed by atoms with Gasteiger partial charge in [-0.15, -0.1) is 0 Å². The molecule has 1 saturated heterocycles. The van der Waals surface area contributed by atoms with Crippen LogP contribution in [0, 0.1) is 17.8 Å². The van der Waals surface area contributed by atoms with Crippen LogP contribution < -0.4 is 26.6 Å². The van der Waals surface area contributed by atoms with E-state index in [1.165, 1.54) is 24.2 Å².